The quantitative estimate of drug-likeness (QED) is 0.693. The van der Waals surface area contributed by atoms with Crippen molar-refractivity contribution >= 4 is 28.6 Å². The Morgan fingerprint density at radius 3 is 2.57 bits per heavy atom. The average molecular weight is 323 g/mol. The fourth-order valence-corrected chi connectivity index (χ4v) is 2.95. The number of nitrogens with zero attached hydrogens (tertiary/aromatic N) is 2. The molecule has 0 spiro atoms. The molecule has 1 aromatic heterocycles. The summed E-state index contributed by atoms with van der Waals surface area (Å²) in [7, 11) is 1.76. The molecule has 0 saturated carbocycles. The molecular formula is C18H17N3OS. The highest BCUT2D eigenvalue weighted by molar-refractivity contribution is 7.14. The molecule has 1 N–H and O–H groups in total. The lowest BCUT2D eigenvalue weighted by atomic mass is 10.2. The molecule has 0 bridgehead atoms. The van der Waals surface area contributed by atoms with Crippen LogP contribution in [0.15, 0.2) is 60.0 Å². The number of rotatable bonds is 6. The minimum Gasteiger partial charge on any atom is -0.344 e. The van der Waals surface area contributed by atoms with Gasteiger partial charge in [0.05, 0.1) is 5.69 Å². The van der Waals surface area contributed by atoms with Crippen LogP contribution in [0.25, 0.3) is 11.3 Å². The Morgan fingerprint density at radius 1 is 1.13 bits per heavy atom. The Bertz CT molecular complexity index is 768. The summed E-state index contributed by atoms with van der Waals surface area (Å²) in [5, 5.41) is 6.22. The number of carbonyl (C=O) groups is 1. The molecule has 3 rings (SSSR count). The highest BCUT2D eigenvalue weighted by atomic mass is 32.1. The van der Waals surface area contributed by atoms with E-state index >= 15 is 0 Å². The average Bonchev–Trinajstić information content (AvgIpc) is 3.06. The topological polar surface area (TPSA) is 45.2 Å². The minimum atomic E-state index is 0.610. The van der Waals surface area contributed by atoms with Crippen LogP contribution in [0.4, 0.5) is 10.8 Å². The van der Waals surface area contributed by atoms with Crippen LogP contribution in [0.2, 0.25) is 0 Å². The first-order valence-electron chi connectivity index (χ1n) is 7.27. The van der Waals surface area contributed by atoms with Crippen LogP contribution in [0.3, 0.4) is 0 Å². The van der Waals surface area contributed by atoms with E-state index in [1.165, 1.54) is 0 Å². The van der Waals surface area contributed by atoms with Crippen LogP contribution in [0.5, 0.6) is 0 Å². The van der Waals surface area contributed by atoms with Crippen molar-refractivity contribution in [3.8, 4) is 11.3 Å². The van der Waals surface area contributed by atoms with Gasteiger partial charge in [0.25, 0.3) is 0 Å². The Hall–Kier alpha value is -2.66. The zero-order chi connectivity index (χ0) is 16.1. The third-order valence-corrected chi connectivity index (χ3v) is 4.15. The van der Waals surface area contributed by atoms with Crippen molar-refractivity contribution in [2.45, 2.75) is 6.54 Å². The summed E-state index contributed by atoms with van der Waals surface area (Å²) >= 11 is 1.58. The van der Waals surface area contributed by atoms with E-state index in [1.54, 1.807) is 23.3 Å². The molecule has 0 saturated heterocycles. The third kappa shape index (κ3) is 3.96. The number of amides is 1. The van der Waals surface area contributed by atoms with Crippen molar-refractivity contribution in [3.05, 3.63) is 65.5 Å². The molecule has 0 aliphatic heterocycles. The van der Waals surface area contributed by atoms with Crippen molar-refractivity contribution in [1.82, 2.24) is 9.88 Å². The van der Waals surface area contributed by atoms with E-state index in [1.807, 2.05) is 47.8 Å². The SMILES string of the molecule is CN(C=O)Cc1ccc(Nc2nc(-c3ccccc3)cs2)cc1. The predicted octanol–water partition coefficient (Wildman–Crippen LogP) is 4.14. The molecule has 0 unspecified atom stereocenters. The number of nitrogens with one attached hydrogen (secondary N) is 1. The monoisotopic (exact) mass is 323 g/mol. The first-order valence-corrected chi connectivity index (χ1v) is 8.15. The van der Waals surface area contributed by atoms with Gasteiger partial charge < -0.3 is 10.2 Å². The summed E-state index contributed by atoms with van der Waals surface area (Å²) in [6.07, 6.45) is 0.826. The molecule has 0 aliphatic carbocycles. The number of hydrogen-bond acceptors (Lipinski definition) is 4. The first kappa shape index (κ1) is 15.2. The van der Waals surface area contributed by atoms with Gasteiger partial charge in [-0.1, -0.05) is 42.5 Å². The number of thiazole rings is 1. The van der Waals surface area contributed by atoms with Crippen molar-refractivity contribution in [3.63, 3.8) is 0 Å². The lowest BCUT2D eigenvalue weighted by Gasteiger charge is -2.11. The van der Waals surface area contributed by atoms with Gasteiger partial charge >= 0.3 is 0 Å². The Kier molecular flexibility index (Phi) is 4.68. The number of aromatic nitrogens is 1. The van der Waals surface area contributed by atoms with Crippen LogP contribution >= 0.6 is 11.3 Å². The maximum atomic E-state index is 10.6. The van der Waals surface area contributed by atoms with Crippen LogP contribution in [0, 0.1) is 0 Å². The number of anilines is 2. The van der Waals surface area contributed by atoms with Crippen LogP contribution in [-0.4, -0.2) is 23.3 Å². The van der Waals surface area contributed by atoms with Crippen molar-refractivity contribution in [2.24, 2.45) is 0 Å². The lowest BCUT2D eigenvalue weighted by molar-refractivity contribution is -0.117. The van der Waals surface area contributed by atoms with Gasteiger partial charge in [0, 0.05) is 30.2 Å². The second kappa shape index (κ2) is 7.07. The van der Waals surface area contributed by atoms with Crippen molar-refractivity contribution in [1.29, 1.82) is 0 Å². The highest BCUT2D eigenvalue weighted by Gasteiger charge is 2.05. The van der Waals surface area contributed by atoms with E-state index in [9.17, 15) is 4.79 Å². The van der Waals surface area contributed by atoms with E-state index in [4.69, 9.17) is 0 Å². The summed E-state index contributed by atoms with van der Waals surface area (Å²) in [5.41, 5.74) is 4.16. The molecule has 23 heavy (non-hydrogen) atoms. The molecule has 3 aromatic rings. The normalized spacial score (nSPS) is 10.3. The molecule has 5 heteroatoms. The molecule has 116 valence electrons. The second-order valence-electron chi connectivity index (χ2n) is 5.25. The summed E-state index contributed by atoms with van der Waals surface area (Å²) in [6, 6.07) is 18.1. The molecule has 1 amide bonds. The summed E-state index contributed by atoms with van der Waals surface area (Å²) < 4.78 is 0. The molecule has 4 nitrogen and oxygen atoms in total. The first-order chi connectivity index (χ1) is 11.2. The van der Waals surface area contributed by atoms with E-state index in [-0.39, 0.29) is 0 Å². The maximum absolute atomic E-state index is 10.6. The molecule has 0 atom stereocenters. The van der Waals surface area contributed by atoms with Gasteiger partial charge in [-0.25, -0.2) is 4.98 Å². The smallest absolute Gasteiger partial charge is 0.209 e. The van der Waals surface area contributed by atoms with Gasteiger partial charge in [0.1, 0.15) is 0 Å². The van der Waals surface area contributed by atoms with Crippen molar-refractivity contribution < 1.29 is 4.79 Å². The molecular weight excluding hydrogens is 306 g/mol. The second-order valence-corrected chi connectivity index (χ2v) is 6.10. The molecule has 2 aromatic carbocycles. The highest BCUT2D eigenvalue weighted by Crippen LogP contribution is 2.27. The number of carbonyl (C=O) groups excluding carboxylic acids is 1. The van der Waals surface area contributed by atoms with Crippen molar-refractivity contribution in [2.75, 3.05) is 12.4 Å². The van der Waals surface area contributed by atoms with Gasteiger partial charge in [-0.3, -0.25) is 4.79 Å². The maximum Gasteiger partial charge on any atom is 0.209 e. The summed E-state index contributed by atoms with van der Waals surface area (Å²) in [4.78, 5) is 16.9. The van der Waals surface area contributed by atoms with Gasteiger partial charge in [-0.15, -0.1) is 11.3 Å². The Morgan fingerprint density at radius 2 is 1.87 bits per heavy atom. The standard InChI is InChI=1S/C18H17N3OS/c1-21(13-22)11-14-7-9-16(10-8-14)19-18-20-17(12-23-18)15-5-3-2-4-6-15/h2-10,12-13H,11H2,1H3,(H,19,20). The van der Waals surface area contributed by atoms with Crippen LogP contribution in [0.1, 0.15) is 5.56 Å². The minimum absolute atomic E-state index is 0.610. The lowest BCUT2D eigenvalue weighted by Crippen LogP contribution is -2.14. The Labute approximate surface area is 139 Å². The van der Waals surface area contributed by atoms with Gasteiger partial charge in [0.2, 0.25) is 6.41 Å². The molecule has 0 aliphatic rings. The zero-order valence-corrected chi connectivity index (χ0v) is 13.6. The van der Waals surface area contributed by atoms with Gasteiger partial charge in [-0.2, -0.15) is 0 Å². The largest absolute Gasteiger partial charge is 0.344 e. The molecule has 1 heterocycles. The number of hydrogen-bond donors (Lipinski definition) is 1. The third-order valence-electron chi connectivity index (χ3n) is 3.39. The Balaban J connectivity index is 1.68. The predicted molar refractivity (Wildman–Crippen MR) is 94.8 cm³/mol. The van der Waals surface area contributed by atoms with E-state index < -0.39 is 0 Å². The van der Waals surface area contributed by atoms with E-state index in [0.29, 0.717) is 6.54 Å². The summed E-state index contributed by atoms with van der Waals surface area (Å²) in [6.45, 7) is 0.610. The van der Waals surface area contributed by atoms with Gasteiger partial charge in [0.15, 0.2) is 5.13 Å². The fourth-order valence-electron chi connectivity index (χ4n) is 2.21. The van der Waals surface area contributed by atoms with Gasteiger partial charge in [-0.05, 0) is 17.7 Å². The number of benzene rings is 2. The zero-order valence-electron chi connectivity index (χ0n) is 12.8. The fraction of sp³-hybridized carbons (Fsp3) is 0.111. The van der Waals surface area contributed by atoms with Crippen LogP contribution < -0.4 is 5.32 Å². The molecule has 0 fully saturated rings. The van der Waals surface area contributed by atoms with E-state index in [0.717, 1.165) is 34.0 Å². The van der Waals surface area contributed by atoms with Crippen LogP contribution in [-0.2, 0) is 11.3 Å². The summed E-state index contributed by atoms with van der Waals surface area (Å²) in [5.74, 6) is 0. The van der Waals surface area contributed by atoms with E-state index in [2.05, 4.69) is 22.4 Å². The molecule has 0 radical (unpaired) electrons.